The normalized spacial score (nSPS) is 13.4. The van der Waals surface area contributed by atoms with Crippen molar-refractivity contribution in [1.82, 2.24) is 15.1 Å². The molecule has 1 amide bonds. The number of benzene rings is 1. The Morgan fingerprint density at radius 2 is 1.78 bits per heavy atom. The van der Waals surface area contributed by atoms with Crippen LogP contribution in [0.4, 0.5) is 0 Å². The minimum Gasteiger partial charge on any atom is -0.481 e. The van der Waals surface area contributed by atoms with Crippen molar-refractivity contribution in [2.45, 2.75) is 33.7 Å². The molecule has 0 bridgehead atoms. The molecule has 0 radical (unpaired) electrons. The smallest absolute Gasteiger partial charge is 0.308 e. The van der Waals surface area contributed by atoms with Gasteiger partial charge in [0, 0.05) is 6.04 Å². The van der Waals surface area contributed by atoms with E-state index >= 15 is 0 Å². The molecule has 2 aromatic rings. The molecular weight excluding hydrogens is 294 g/mol. The summed E-state index contributed by atoms with van der Waals surface area (Å²) < 4.78 is 1.72. The van der Waals surface area contributed by atoms with Crippen LogP contribution in [0.3, 0.4) is 0 Å². The van der Waals surface area contributed by atoms with Gasteiger partial charge in [0.2, 0.25) is 0 Å². The quantitative estimate of drug-likeness (QED) is 0.887. The molecule has 0 aliphatic rings. The molecule has 2 atom stereocenters. The van der Waals surface area contributed by atoms with Crippen LogP contribution < -0.4 is 5.32 Å². The largest absolute Gasteiger partial charge is 0.481 e. The summed E-state index contributed by atoms with van der Waals surface area (Å²) in [5.74, 6) is -1.90. The number of hydrogen-bond donors (Lipinski definition) is 2. The first-order chi connectivity index (χ1) is 10.8. The predicted molar refractivity (Wildman–Crippen MR) is 86.8 cm³/mol. The van der Waals surface area contributed by atoms with Gasteiger partial charge in [-0.25, -0.2) is 4.68 Å². The number of para-hydroxylation sites is 1. The molecule has 0 saturated heterocycles. The summed E-state index contributed by atoms with van der Waals surface area (Å²) in [6, 6.07) is 9.08. The van der Waals surface area contributed by atoms with E-state index in [4.69, 9.17) is 5.11 Å². The van der Waals surface area contributed by atoms with Crippen LogP contribution in [-0.2, 0) is 4.79 Å². The maximum Gasteiger partial charge on any atom is 0.308 e. The van der Waals surface area contributed by atoms with Gasteiger partial charge in [-0.05, 0) is 39.8 Å². The Hall–Kier alpha value is -2.63. The van der Waals surface area contributed by atoms with E-state index in [2.05, 4.69) is 10.4 Å². The van der Waals surface area contributed by atoms with Gasteiger partial charge in [-0.1, -0.05) is 18.2 Å². The average Bonchev–Trinajstić information content (AvgIpc) is 2.82. The van der Waals surface area contributed by atoms with Crippen LogP contribution >= 0.6 is 0 Å². The van der Waals surface area contributed by atoms with Crippen molar-refractivity contribution < 1.29 is 14.7 Å². The number of hydrogen-bond acceptors (Lipinski definition) is 3. The molecule has 2 rings (SSSR count). The Balaban J connectivity index is 2.29. The Kier molecular flexibility index (Phi) is 4.83. The lowest BCUT2D eigenvalue weighted by molar-refractivity contribution is -0.141. The second-order valence-corrected chi connectivity index (χ2v) is 5.68. The summed E-state index contributed by atoms with van der Waals surface area (Å²) in [6.07, 6.45) is 0. The second kappa shape index (κ2) is 6.64. The molecule has 2 N–H and O–H groups in total. The zero-order valence-electron chi connectivity index (χ0n) is 13.7. The van der Waals surface area contributed by atoms with Gasteiger partial charge >= 0.3 is 5.97 Å². The lowest BCUT2D eigenvalue weighted by atomic mass is 10.0. The van der Waals surface area contributed by atoms with Crippen LogP contribution in [0.5, 0.6) is 0 Å². The monoisotopic (exact) mass is 315 g/mol. The van der Waals surface area contributed by atoms with E-state index in [1.165, 1.54) is 0 Å². The van der Waals surface area contributed by atoms with E-state index in [1.54, 1.807) is 25.5 Å². The molecule has 1 aromatic heterocycles. The SMILES string of the molecule is Cc1nn(-c2ccccc2)c(C)c1C(=O)NC(C)C(C)C(=O)O. The summed E-state index contributed by atoms with van der Waals surface area (Å²) in [6.45, 7) is 6.85. The minimum absolute atomic E-state index is 0.303. The highest BCUT2D eigenvalue weighted by Crippen LogP contribution is 2.18. The fourth-order valence-electron chi connectivity index (χ4n) is 2.41. The van der Waals surface area contributed by atoms with Crippen molar-refractivity contribution in [1.29, 1.82) is 0 Å². The van der Waals surface area contributed by atoms with Crippen molar-refractivity contribution in [3.63, 3.8) is 0 Å². The highest BCUT2D eigenvalue weighted by atomic mass is 16.4. The van der Waals surface area contributed by atoms with E-state index in [0.717, 1.165) is 11.4 Å². The zero-order chi connectivity index (χ0) is 17.1. The van der Waals surface area contributed by atoms with Crippen molar-refractivity contribution in [2.75, 3.05) is 0 Å². The number of carboxylic acid groups (broad SMARTS) is 1. The maximum atomic E-state index is 12.5. The van der Waals surface area contributed by atoms with Crippen LogP contribution in [-0.4, -0.2) is 32.8 Å². The molecular formula is C17H21N3O3. The molecule has 0 saturated carbocycles. The minimum atomic E-state index is -0.939. The first kappa shape index (κ1) is 16.7. The van der Waals surface area contributed by atoms with Crippen molar-refractivity contribution >= 4 is 11.9 Å². The molecule has 1 heterocycles. The van der Waals surface area contributed by atoms with E-state index in [0.29, 0.717) is 11.3 Å². The van der Waals surface area contributed by atoms with Gasteiger partial charge in [0.05, 0.1) is 28.6 Å². The van der Waals surface area contributed by atoms with Crippen LogP contribution in [0.1, 0.15) is 35.6 Å². The van der Waals surface area contributed by atoms with Gasteiger partial charge in [-0.3, -0.25) is 9.59 Å². The number of carboxylic acids is 1. The number of aryl methyl sites for hydroxylation is 1. The van der Waals surface area contributed by atoms with Gasteiger partial charge in [-0.2, -0.15) is 5.10 Å². The Morgan fingerprint density at radius 3 is 2.35 bits per heavy atom. The maximum absolute atomic E-state index is 12.5. The van der Waals surface area contributed by atoms with Crippen molar-refractivity contribution in [2.24, 2.45) is 5.92 Å². The summed E-state index contributed by atoms with van der Waals surface area (Å²) >= 11 is 0. The van der Waals surface area contributed by atoms with E-state index in [9.17, 15) is 9.59 Å². The van der Waals surface area contributed by atoms with Crippen LogP contribution in [0.2, 0.25) is 0 Å². The summed E-state index contributed by atoms with van der Waals surface area (Å²) in [5.41, 5.74) is 2.69. The second-order valence-electron chi connectivity index (χ2n) is 5.68. The average molecular weight is 315 g/mol. The first-order valence-electron chi connectivity index (χ1n) is 7.48. The fraction of sp³-hybridized carbons (Fsp3) is 0.353. The molecule has 23 heavy (non-hydrogen) atoms. The van der Waals surface area contributed by atoms with Crippen molar-refractivity contribution in [3.05, 3.63) is 47.3 Å². The molecule has 122 valence electrons. The number of aliphatic carboxylic acids is 1. The third-order valence-corrected chi connectivity index (χ3v) is 4.02. The molecule has 1 aromatic carbocycles. The molecule has 0 spiro atoms. The van der Waals surface area contributed by atoms with E-state index in [-0.39, 0.29) is 5.91 Å². The summed E-state index contributed by atoms with van der Waals surface area (Å²) in [4.78, 5) is 23.5. The number of amides is 1. The molecule has 0 aliphatic carbocycles. The van der Waals surface area contributed by atoms with E-state index in [1.807, 2.05) is 37.3 Å². The number of carbonyl (C=O) groups is 2. The number of rotatable bonds is 5. The third kappa shape index (κ3) is 3.41. The standard InChI is InChI=1S/C17H21N3O3/c1-10(17(22)23)11(2)18-16(21)15-12(3)19-20(13(15)4)14-8-6-5-7-9-14/h5-11H,1-4H3,(H,18,21)(H,22,23). The molecule has 6 nitrogen and oxygen atoms in total. The number of aromatic nitrogens is 2. The van der Waals surface area contributed by atoms with Gasteiger partial charge in [0.1, 0.15) is 0 Å². The Morgan fingerprint density at radius 1 is 1.17 bits per heavy atom. The van der Waals surface area contributed by atoms with Gasteiger partial charge in [0.15, 0.2) is 0 Å². The highest BCUT2D eigenvalue weighted by molar-refractivity contribution is 5.97. The first-order valence-corrected chi connectivity index (χ1v) is 7.48. The van der Waals surface area contributed by atoms with Crippen molar-refractivity contribution in [3.8, 4) is 5.69 Å². The highest BCUT2D eigenvalue weighted by Gasteiger charge is 2.25. The lowest BCUT2D eigenvalue weighted by Crippen LogP contribution is -2.40. The third-order valence-electron chi connectivity index (χ3n) is 4.02. The summed E-state index contributed by atoms with van der Waals surface area (Å²) in [7, 11) is 0. The molecule has 2 unspecified atom stereocenters. The predicted octanol–water partition coefficient (Wildman–Crippen LogP) is 2.33. The zero-order valence-corrected chi connectivity index (χ0v) is 13.7. The van der Waals surface area contributed by atoms with Gasteiger partial charge in [0.25, 0.3) is 5.91 Å². The summed E-state index contributed by atoms with van der Waals surface area (Å²) in [5, 5.41) is 16.2. The Labute approximate surface area is 135 Å². The van der Waals surface area contributed by atoms with Crippen LogP contribution in [0, 0.1) is 19.8 Å². The van der Waals surface area contributed by atoms with Gasteiger partial charge < -0.3 is 10.4 Å². The molecule has 0 aliphatic heterocycles. The molecule has 0 fully saturated rings. The Bertz CT molecular complexity index is 722. The number of nitrogens with one attached hydrogen (secondary N) is 1. The van der Waals surface area contributed by atoms with E-state index < -0.39 is 17.9 Å². The van der Waals surface area contributed by atoms with Crippen LogP contribution in [0.25, 0.3) is 5.69 Å². The number of carbonyl (C=O) groups excluding carboxylic acids is 1. The fourth-order valence-corrected chi connectivity index (χ4v) is 2.41. The number of nitrogens with zero attached hydrogens (tertiary/aromatic N) is 2. The topological polar surface area (TPSA) is 84.2 Å². The molecule has 6 heteroatoms. The lowest BCUT2D eigenvalue weighted by Gasteiger charge is -2.17. The van der Waals surface area contributed by atoms with Crippen LogP contribution in [0.15, 0.2) is 30.3 Å². The van der Waals surface area contributed by atoms with Gasteiger partial charge in [-0.15, -0.1) is 0 Å².